The van der Waals surface area contributed by atoms with Gasteiger partial charge in [-0.3, -0.25) is 9.98 Å². The zero-order valence-corrected chi connectivity index (χ0v) is 22.3. The Hall–Kier alpha value is -2.22. The fraction of sp³-hybridized carbons (Fsp3) is 0.548. The van der Waals surface area contributed by atoms with E-state index in [9.17, 15) is 0 Å². The summed E-state index contributed by atoms with van der Waals surface area (Å²) in [6.45, 7) is 24.9. The second-order valence-corrected chi connectivity index (χ2v) is 11.6. The van der Waals surface area contributed by atoms with Gasteiger partial charge in [-0.15, -0.1) is 0 Å². The van der Waals surface area contributed by atoms with Gasteiger partial charge >= 0.3 is 0 Å². The van der Waals surface area contributed by atoms with Crippen molar-refractivity contribution in [2.45, 2.75) is 98.4 Å². The lowest BCUT2D eigenvalue weighted by molar-refractivity contribution is 0.396. The number of fused-ring (bicyclic) bond motifs is 1. The first-order valence-electron chi connectivity index (χ1n) is 12.7. The molecule has 3 atom stereocenters. The SMILES string of the molecule is C=C(C)/C(C)=C(/N=C(\C)C1(C)C=NC(C)C2=C1C(C)(CC)c1ccccc1C2(C)C)C1CC1. The maximum absolute atomic E-state index is 5.38. The number of allylic oxidation sites excluding steroid dienone is 4. The molecule has 2 aliphatic carbocycles. The van der Waals surface area contributed by atoms with Gasteiger partial charge in [0.2, 0.25) is 0 Å². The summed E-state index contributed by atoms with van der Waals surface area (Å²) >= 11 is 0. The van der Waals surface area contributed by atoms with Gasteiger partial charge in [0.15, 0.2) is 0 Å². The molecule has 0 spiro atoms. The molecule has 1 aromatic carbocycles. The van der Waals surface area contributed by atoms with Crippen LogP contribution in [0, 0.1) is 11.3 Å². The highest BCUT2D eigenvalue weighted by Gasteiger charge is 2.53. The van der Waals surface area contributed by atoms with Gasteiger partial charge in [0.05, 0.1) is 11.5 Å². The number of aliphatic imine (C=N–C) groups is 2. The second-order valence-electron chi connectivity index (χ2n) is 11.6. The largest absolute Gasteiger partial charge is 0.289 e. The smallest absolute Gasteiger partial charge is 0.0689 e. The van der Waals surface area contributed by atoms with Gasteiger partial charge in [0.25, 0.3) is 0 Å². The van der Waals surface area contributed by atoms with E-state index in [1.54, 1.807) is 0 Å². The molecule has 0 radical (unpaired) electrons. The van der Waals surface area contributed by atoms with Crippen LogP contribution in [0.3, 0.4) is 0 Å². The van der Waals surface area contributed by atoms with Crippen LogP contribution in [0.25, 0.3) is 0 Å². The summed E-state index contributed by atoms with van der Waals surface area (Å²) in [7, 11) is 0. The third-order valence-corrected chi connectivity index (χ3v) is 8.92. The van der Waals surface area contributed by atoms with Crippen LogP contribution in [0.1, 0.15) is 92.7 Å². The van der Waals surface area contributed by atoms with Crippen LogP contribution in [-0.4, -0.2) is 18.0 Å². The van der Waals surface area contributed by atoms with Crippen molar-refractivity contribution in [3.63, 3.8) is 0 Å². The van der Waals surface area contributed by atoms with Crippen molar-refractivity contribution < 1.29 is 0 Å². The minimum Gasteiger partial charge on any atom is -0.289 e. The first kappa shape index (κ1) is 23.9. The Morgan fingerprint density at radius 2 is 1.67 bits per heavy atom. The molecule has 1 aromatic rings. The zero-order chi connectivity index (χ0) is 24.3. The van der Waals surface area contributed by atoms with Crippen LogP contribution in [0.4, 0.5) is 0 Å². The average Bonchev–Trinajstić information content (AvgIpc) is 3.62. The minimum atomic E-state index is -0.313. The summed E-state index contributed by atoms with van der Waals surface area (Å²) < 4.78 is 0. The molecule has 1 saturated carbocycles. The van der Waals surface area contributed by atoms with Gasteiger partial charge in [-0.25, -0.2) is 0 Å². The summed E-state index contributed by atoms with van der Waals surface area (Å²) in [6.07, 6.45) is 5.74. The van der Waals surface area contributed by atoms with E-state index < -0.39 is 0 Å². The molecular weight excluding hydrogens is 400 g/mol. The molecule has 176 valence electrons. The first-order valence-corrected chi connectivity index (χ1v) is 12.7. The van der Waals surface area contributed by atoms with E-state index in [4.69, 9.17) is 9.98 Å². The predicted molar refractivity (Wildman–Crippen MR) is 144 cm³/mol. The maximum atomic E-state index is 5.38. The highest BCUT2D eigenvalue weighted by atomic mass is 14.9. The van der Waals surface area contributed by atoms with Crippen molar-refractivity contribution in [2.75, 3.05) is 0 Å². The number of hydrogen-bond donors (Lipinski definition) is 0. The predicted octanol–water partition coefficient (Wildman–Crippen LogP) is 8.14. The van der Waals surface area contributed by atoms with Gasteiger partial charge in [-0.05, 0) is 81.7 Å². The van der Waals surface area contributed by atoms with Crippen molar-refractivity contribution in [2.24, 2.45) is 21.3 Å². The van der Waals surface area contributed by atoms with E-state index in [1.807, 2.05) is 0 Å². The van der Waals surface area contributed by atoms with Crippen molar-refractivity contribution in [1.29, 1.82) is 0 Å². The van der Waals surface area contributed by atoms with Crippen molar-refractivity contribution in [1.82, 2.24) is 0 Å². The van der Waals surface area contributed by atoms with Gasteiger partial charge in [-0.1, -0.05) is 64.1 Å². The van der Waals surface area contributed by atoms with Gasteiger partial charge in [-0.2, -0.15) is 0 Å². The Labute approximate surface area is 201 Å². The molecule has 0 saturated heterocycles. The molecule has 1 fully saturated rings. The van der Waals surface area contributed by atoms with Crippen LogP contribution < -0.4 is 0 Å². The molecule has 4 rings (SSSR count). The Bertz CT molecular complexity index is 1120. The molecule has 0 bridgehead atoms. The van der Waals surface area contributed by atoms with E-state index in [0.717, 1.165) is 17.7 Å². The quantitative estimate of drug-likeness (QED) is 0.250. The molecular formula is C31H42N2. The van der Waals surface area contributed by atoms with Gasteiger partial charge in [0.1, 0.15) is 0 Å². The molecule has 33 heavy (non-hydrogen) atoms. The topological polar surface area (TPSA) is 24.7 Å². The highest BCUT2D eigenvalue weighted by molar-refractivity contribution is 6.07. The van der Waals surface area contributed by atoms with E-state index in [1.165, 1.54) is 46.4 Å². The summed E-state index contributed by atoms with van der Waals surface area (Å²) in [5.41, 5.74) is 10.3. The molecule has 1 heterocycles. The van der Waals surface area contributed by atoms with Gasteiger partial charge in [0, 0.05) is 34.4 Å². The van der Waals surface area contributed by atoms with Crippen LogP contribution in [-0.2, 0) is 10.8 Å². The van der Waals surface area contributed by atoms with E-state index >= 15 is 0 Å². The molecule has 0 amide bonds. The molecule has 1 aliphatic heterocycles. The lowest BCUT2D eigenvalue weighted by Crippen LogP contribution is -2.51. The number of nitrogens with zero attached hydrogens (tertiary/aromatic N) is 2. The lowest BCUT2D eigenvalue weighted by atomic mass is 9.51. The molecule has 3 aliphatic rings. The van der Waals surface area contributed by atoms with Crippen LogP contribution >= 0.6 is 0 Å². The van der Waals surface area contributed by atoms with Crippen molar-refractivity contribution >= 4 is 11.9 Å². The Balaban J connectivity index is 1.99. The third kappa shape index (κ3) is 3.52. The summed E-state index contributed by atoms with van der Waals surface area (Å²) in [5, 5.41) is 0. The van der Waals surface area contributed by atoms with Crippen molar-refractivity contribution in [3.8, 4) is 0 Å². The number of rotatable bonds is 5. The van der Waals surface area contributed by atoms with E-state index in [-0.39, 0.29) is 22.3 Å². The zero-order valence-electron chi connectivity index (χ0n) is 22.3. The minimum absolute atomic E-state index is 0.0550. The van der Waals surface area contributed by atoms with Crippen LogP contribution in [0.2, 0.25) is 0 Å². The van der Waals surface area contributed by atoms with Crippen LogP contribution in [0.5, 0.6) is 0 Å². The third-order valence-electron chi connectivity index (χ3n) is 8.92. The average molecular weight is 443 g/mol. The van der Waals surface area contributed by atoms with Crippen LogP contribution in [0.15, 0.2) is 68.8 Å². The first-order chi connectivity index (χ1) is 15.4. The van der Waals surface area contributed by atoms with E-state index in [0.29, 0.717) is 5.92 Å². The fourth-order valence-electron chi connectivity index (χ4n) is 6.38. The Morgan fingerprint density at radius 3 is 2.21 bits per heavy atom. The second kappa shape index (κ2) is 7.93. The molecule has 2 nitrogen and oxygen atoms in total. The number of hydrogen-bond acceptors (Lipinski definition) is 2. The fourth-order valence-corrected chi connectivity index (χ4v) is 6.38. The molecule has 2 heteroatoms. The molecule has 0 aromatic heterocycles. The van der Waals surface area contributed by atoms with Crippen molar-refractivity contribution in [3.05, 3.63) is 70.0 Å². The summed E-state index contributed by atoms with van der Waals surface area (Å²) in [6, 6.07) is 9.26. The Morgan fingerprint density at radius 1 is 1.06 bits per heavy atom. The normalized spacial score (nSPS) is 31.7. The molecule has 3 unspecified atom stereocenters. The monoisotopic (exact) mass is 442 g/mol. The Kier molecular flexibility index (Phi) is 5.75. The lowest BCUT2D eigenvalue weighted by Gasteiger charge is -2.54. The number of dihydropyridines is 1. The number of benzene rings is 1. The summed E-state index contributed by atoms with van der Waals surface area (Å²) in [4.78, 5) is 10.5. The summed E-state index contributed by atoms with van der Waals surface area (Å²) in [5.74, 6) is 0.578. The van der Waals surface area contributed by atoms with E-state index in [2.05, 4.69) is 99.4 Å². The maximum Gasteiger partial charge on any atom is 0.0689 e. The highest BCUT2D eigenvalue weighted by Crippen LogP contribution is 2.58. The molecule has 0 N–H and O–H groups in total. The standard InChI is InChI=1S/C31H42N2/c1-11-30(9)25-15-13-12-14-24(25)29(7,8)26-21(5)32-18-31(10,28(26)30)22(6)33-27(23-16-17-23)20(4)19(2)3/h12-15,18,21,23H,2,11,16-17H2,1,3-10H3/b27-20+,33-22+. The van der Waals surface area contributed by atoms with Gasteiger partial charge < -0.3 is 0 Å².